The third-order valence-corrected chi connectivity index (χ3v) is 12.7. The first kappa shape index (κ1) is 37.3. The molecule has 0 radical (unpaired) electrons. The molecule has 0 amide bonds. The van der Waals surface area contributed by atoms with Crippen molar-refractivity contribution in [3.8, 4) is 78.4 Å². The Labute approximate surface area is 372 Å². The van der Waals surface area contributed by atoms with Gasteiger partial charge in [-0.15, -0.1) is 0 Å². The molecule has 0 aliphatic rings. The summed E-state index contributed by atoms with van der Waals surface area (Å²) in [5, 5.41) is 10.0. The van der Waals surface area contributed by atoms with Crippen molar-refractivity contribution in [3.63, 3.8) is 0 Å². The van der Waals surface area contributed by atoms with Gasteiger partial charge in [0, 0.05) is 16.7 Å². The molecule has 0 aliphatic carbocycles. The summed E-state index contributed by atoms with van der Waals surface area (Å²) in [4.78, 5) is 10.5. The summed E-state index contributed by atoms with van der Waals surface area (Å²) in [6.07, 6.45) is 0. The van der Waals surface area contributed by atoms with Gasteiger partial charge >= 0.3 is 0 Å². The summed E-state index contributed by atoms with van der Waals surface area (Å²) in [5.41, 5.74) is 14.3. The second kappa shape index (κ2) is 15.8. The Balaban J connectivity index is 0.963. The molecule has 0 atom stereocenters. The van der Waals surface area contributed by atoms with Crippen LogP contribution in [0.4, 0.5) is 0 Å². The SMILES string of the molecule is c1ccc(-c2ccc(-c3cc(-c4cccc(-c5ccccc5)c4)nc(-c4ccc(-c5ccc(-c6c7ccccc7cc7c6ccc6ccccc67)c6ccccc56)cc4)n3)cc2)cc1. The number of nitrogens with zero attached hydrogens (tertiary/aromatic N) is 2. The molecule has 0 saturated carbocycles. The van der Waals surface area contributed by atoms with E-state index in [1.54, 1.807) is 0 Å². The summed E-state index contributed by atoms with van der Waals surface area (Å²) < 4.78 is 0. The number of hydrogen-bond acceptors (Lipinski definition) is 2. The van der Waals surface area contributed by atoms with Crippen LogP contribution in [-0.4, -0.2) is 9.97 Å². The Morgan fingerprint density at radius 3 is 1.45 bits per heavy atom. The number of aromatic nitrogens is 2. The van der Waals surface area contributed by atoms with E-state index in [-0.39, 0.29) is 0 Å². The van der Waals surface area contributed by atoms with Gasteiger partial charge in [0.25, 0.3) is 0 Å². The maximum Gasteiger partial charge on any atom is 0.160 e. The lowest BCUT2D eigenvalue weighted by atomic mass is 9.86. The third kappa shape index (κ3) is 6.70. The van der Waals surface area contributed by atoms with Gasteiger partial charge in [0.1, 0.15) is 0 Å². The lowest BCUT2D eigenvalue weighted by Crippen LogP contribution is -1.96. The van der Waals surface area contributed by atoms with Crippen LogP contribution in [-0.2, 0) is 0 Å². The van der Waals surface area contributed by atoms with Crippen LogP contribution in [0.5, 0.6) is 0 Å². The van der Waals surface area contributed by atoms with Crippen LogP contribution in [0.15, 0.2) is 243 Å². The van der Waals surface area contributed by atoms with E-state index >= 15 is 0 Å². The van der Waals surface area contributed by atoms with Crippen LogP contribution in [0.3, 0.4) is 0 Å². The molecule has 2 nitrogen and oxygen atoms in total. The van der Waals surface area contributed by atoms with Gasteiger partial charge in [0.05, 0.1) is 11.4 Å². The predicted molar refractivity (Wildman–Crippen MR) is 270 cm³/mol. The van der Waals surface area contributed by atoms with Gasteiger partial charge in [0.2, 0.25) is 0 Å². The average Bonchev–Trinajstić information content (AvgIpc) is 3.38. The van der Waals surface area contributed by atoms with E-state index in [4.69, 9.17) is 9.97 Å². The van der Waals surface area contributed by atoms with Crippen molar-refractivity contribution in [1.29, 1.82) is 0 Å². The molecule has 12 aromatic rings. The van der Waals surface area contributed by atoms with Crippen molar-refractivity contribution in [1.82, 2.24) is 9.97 Å². The highest BCUT2D eigenvalue weighted by Gasteiger charge is 2.17. The van der Waals surface area contributed by atoms with Gasteiger partial charge in [-0.3, -0.25) is 0 Å². The van der Waals surface area contributed by atoms with Crippen LogP contribution in [0.1, 0.15) is 0 Å². The largest absolute Gasteiger partial charge is 0.228 e. The van der Waals surface area contributed by atoms with E-state index in [2.05, 4.69) is 243 Å². The van der Waals surface area contributed by atoms with Crippen LogP contribution in [0.2, 0.25) is 0 Å². The van der Waals surface area contributed by atoms with Gasteiger partial charge < -0.3 is 0 Å². The fraction of sp³-hybridized carbons (Fsp3) is 0. The second-order valence-corrected chi connectivity index (χ2v) is 16.5. The highest BCUT2D eigenvalue weighted by molar-refractivity contribution is 6.23. The fourth-order valence-corrected chi connectivity index (χ4v) is 9.50. The van der Waals surface area contributed by atoms with Gasteiger partial charge in [0.15, 0.2) is 5.82 Å². The molecule has 298 valence electrons. The Morgan fingerprint density at radius 1 is 0.219 bits per heavy atom. The van der Waals surface area contributed by atoms with E-state index in [9.17, 15) is 0 Å². The molecule has 11 aromatic carbocycles. The lowest BCUT2D eigenvalue weighted by molar-refractivity contribution is 1.18. The summed E-state index contributed by atoms with van der Waals surface area (Å²) in [7, 11) is 0. The van der Waals surface area contributed by atoms with Gasteiger partial charge in [-0.2, -0.15) is 0 Å². The molecule has 0 fully saturated rings. The van der Waals surface area contributed by atoms with Crippen LogP contribution >= 0.6 is 0 Å². The Kier molecular flexibility index (Phi) is 9.20. The smallest absolute Gasteiger partial charge is 0.160 e. The molecule has 0 unspecified atom stereocenters. The highest BCUT2D eigenvalue weighted by Crippen LogP contribution is 2.44. The first-order chi connectivity index (χ1) is 31.7. The van der Waals surface area contributed by atoms with Gasteiger partial charge in [-0.25, -0.2) is 9.97 Å². The Hall–Kier alpha value is -8.46. The van der Waals surface area contributed by atoms with E-state index in [1.165, 1.54) is 76.5 Å². The zero-order valence-electron chi connectivity index (χ0n) is 35.0. The van der Waals surface area contributed by atoms with Crippen molar-refractivity contribution in [2.24, 2.45) is 0 Å². The van der Waals surface area contributed by atoms with E-state index in [0.29, 0.717) is 5.82 Å². The normalized spacial score (nSPS) is 11.4. The van der Waals surface area contributed by atoms with Crippen molar-refractivity contribution in [3.05, 3.63) is 243 Å². The van der Waals surface area contributed by atoms with Crippen molar-refractivity contribution >= 4 is 43.1 Å². The number of benzene rings is 11. The first-order valence-electron chi connectivity index (χ1n) is 21.9. The second-order valence-electron chi connectivity index (χ2n) is 16.5. The number of rotatable bonds is 7. The minimum Gasteiger partial charge on any atom is -0.228 e. The fourth-order valence-electron chi connectivity index (χ4n) is 9.50. The lowest BCUT2D eigenvalue weighted by Gasteiger charge is -2.17. The molecule has 64 heavy (non-hydrogen) atoms. The molecule has 2 heteroatoms. The molecule has 0 spiro atoms. The van der Waals surface area contributed by atoms with Crippen molar-refractivity contribution < 1.29 is 0 Å². The van der Waals surface area contributed by atoms with Crippen molar-refractivity contribution in [2.45, 2.75) is 0 Å². The van der Waals surface area contributed by atoms with Crippen LogP contribution in [0, 0.1) is 0 Å². The zero-order valence-corrected chi connectivity index (χ0v) is 35.0. The maximum atomic E-state index is 5.25. The molecule has 12 rings (SSSR count). The highest BCUT2D eigenvalue weighted by atomic mass is 14.9. The van der Waals surface area contributed by atoms with Gasteiger partial charge in [-0.1, -0.05) is 224 Å². The summed E-state index contributed by atoms with van der Waals surface area (Å²) >= 11 is 0. The van der Waals surface area contributed by atoms with Crippen LogP contribution in [0.25, 0.3) is 122 Å². The monoisotopic (exact) mass is 812 g/mol. The first-order valence-corrected chi connectivity index (χ1v) is 21.9. The van der Waals surface area contributed by atoms with Gasteiger partial charge in [-0.05, 0) is 106 Å². The van der Waals surface area contributed by atoms with E-state index < -0.39 is 0 Å². The minimum absolute atomic E-state index is 0.687. The molecular weight excluding hydrogens is 773 g/mol. The summed E-state index contributed by atoms with van der Waals surface area (Å²) in [6.45, 7) is 0. The quantitative estimate of drug-likeness (QED) is 0.118. The van der Waals surface area contributed by atoms with Crippen LogP contribution < -0.4 is 0 Å². The Morgan fingerprint density at radius 2 is 0.719 bits per heavy atom. The topological polar surface area (TPSA) is 25.8 Å². The predicted octanol–water partition coefficient (Wildman–Crippen LogP) is 16.8. The van der Waals surface area contributed by atoms with E-state index in [0.717, 1.165) is 39.2 Å². The Bertz CT molecular complexity index is 3690. The third-order valence-electron chi connectivity index (χ3n) is 12.7. The minimum atomic E-state index is 0.687. The molecule has 0 saturated heterocycles. The average molecular weight is 813 g/mol. The standard InChI is InChI=1S/C62H40N2/c1-3-14-41(15-4-1)43-26-30-46(31-27-43)59-40-60(50-21-13-20-48(38-50)42-16-5-2-6-17-42)64-62(63-59)47-32-28-45(29-33-47)52-36-37-56(55-25-12-11-24-54(52)55)61-53-23-10-8-19-49(53)39-58-51-22-9-7-18-44(51)34-35-57(58)61/h1-40H. The zero-order chi connectivity index (χ0) is 42.4. The number of fused-ring (bicyclic) bond motifs is 5. The molecule has 0 N–H and O–H groups in total. The molecule has 0 bridgehead atoms. The van der Waals surface area contributed by atoms with E-state index in [1.807, 2.05) is 0 Å². The molecular formula is C62H40N2. The summed E-state index contributed by atoms with van der Waals surface area (Å²) in [5.74, 6) is 0.687. The van der Waals surface area contributed by atoms with Crippen molar-refractivity contribution in [2.75, 3.05) is 0 Å². The molecule has 0 aliphatic heterocycles. The maximum absolute atomic E-state index is 5.25. The summed E-state index contributed by atoms with van der Waals surface area (Å²) in [6, 6.07) is 87.2. The number of hydrogen-bond donors (Lipinski definition) is 0. The molecule has 1 aromatic heterocycles. The molecule has 1 heterocycles.